The Morgan fingerprint density at radius 3 is 0.733 bits per heavy atom. The Hall–Kier alpha value is 0.0649. The Morgan fingerprint density at radius 1 is 0.600 bits per heavy atom. The van der Waals surface area contributed by atoms with Crippen molar-refractivity contribution in [2.45, 2.75) is 87.0 Å². The van der Waals surface area contributed by atoms with Crippen LogP contribution in [0.1, 0.15) is 87.0 Å². The van der Waals surface area contributed by atoms with Crippen LogP contribution in [0.2, 0.25) is 0 Å². The van der Waals surface area contributed by atoms with Crippen molar-refractivity contribution in [2.24, 2.45) is 5.92 Å². The molecule has 15 heavy (non-hydrogen) atoms. The van der Waals surface area contributed by atoms with E-state index in [4.69, 9.17) is 0 Å². The Balaban J connectivity index is -0.0000000590. The molecule has 0 unspecified atom stereocenters. The van der Waals surface area contributed by atoms with Gasteiger partial charge in [0.1, 0.15) is 0 Å². The highest BCUT2D eigenvalue weighted by molar-refractivity contribution is 5.75. The molecule has 0 rings (SSSR count). The SMILES string of the molecule is CC(C)C.CCCCC.CCCCC.[B]. The van der Waals surface area contributed by atoms with Gasteiger partial charge in [-0.2, -0.15) is 0 Å². The molecule has 0 aliphatic carbocycles. The normalized spacial score (nSPS) is 8.00. The number of hydrogen-bond acceptors (Lipinski definition) is 0. The van der Waals surface area contributed by atoms with Gasteiger partial charge in [-0.05, 0) is 5.92 Å². The van der Waals surface area contributed by atoms with E-state index < -0.39 is 0 Å². The van der Waals surface area contributed by atoms with Crippen LogP contribution in [0, 0.1) is 5.92 Å². The lowest BCUT2D eigenvalue weighted by atomic mass is 10.3. The third-order valence-corrected chi connectivity index (χ3v) is 1.41. The fourth-order valence-electron chi connectivity index (χ4n) is 0.707. The minimum atomic E-state index is 0. The zero-order valence-corrected chi connectivity index (χ0v) is 12.4. The van der Waals surface area contributed by atoms with E-state index in [1.165, 1.54) is 38.5 Å². The molecule has 0 aromatic rings. The fourth-order valence-corrected chi connectivity index (χ4v) is 0.707. The van der Waals surface area contributed by atoms with E-state index in [-0.39, 0.29) is 8.41 Å². The molecule has 0 N–H and O–H groups in total. The molecule has 3 radical (unpaired) electrons. The first-order valence-electron chi connectivity index (χ1n) is 6.56. The number of rotatable bonds is 4. The van der Waals surface area contributed by atoms with Crippen molar-refractivity contribution in [3.05, 3.63) is 0 Å². The standard InChI is InChI=1S/2C5H12.C4H10.B/c2*1-3-5-4-2;1-4(2)3;/h2*3-5H2,1-2H3;4H,1-3H3;. The van der Waals surface area contributed by atoms with Crippen LogP contribution in [0.3, 0.4) is 0 Å². The third-order valence-electron chi connectivity index (χ3n) is 1.41. The Kier molecular flexibility index (Phi) is 47.4. The van der Waals surface area contributed by atoms with Crippen molar-refractivity contribution in [3.63, 3.8) is 0 Å². The average Bonchev–Trinajstić information content (AvgIpc) is 2.07. The molecule has 0 bridgehead atoms. The van der Waals surface area contributed by atoms with Crippen LogP contribution in [0.15, 0.2) is 0 Å². The molecular formula is C14H34B. The van der Waals surface area contributed by atoms with Gasteiger partial charge in [0.25, 0.3) is 0 Å². The van der Waals surface area contributed by atoms with Crippen molar-refractivity contribution in [2.75, 3.05) is 0 Å². The summed E-state index contributed by atoms with van der Waals surface area (Å²) in [7, 11) is 0. The molecule has 0 saturated carbocycles. The van der Waals surface area contributed by atoms with Gasteiger partial charge in [0, 0.05) is 8.41 Å². The van der Waals surface area contributed by atoms with E-state index >= 15 is 0 Å². The lowest BCUT2D eigenvalue weighted by Crippen LogP contribution is -1.66. The molecule has 0 fully saturated rings. The van der Waals surface area contributed by atoms with Gasteiger partial charge in [0.05, 0.1) is 0 Å². The summed E-state index contributed by atoms with van der Waals surface area (Å²) in [6.07, 6.45) is 8.15. The average molecular weight is 213 g/mol. The zero-order valence-electron chi connectivity index (χ0n) is 12.4. The predicted molar refractivity (Wildman–Crippen MR) is 76.7 cm³/mol. The summed E-state index contributed by atoms with van der Waals surface area (Å²) < 4.78 is 0. The quantitative estimate of drug-likeness (QED) is 0.527. The summed E-state index contributed by atoms with van der Waals surface area (Å²) in [5.74, 6) is 0.833. The first-order chi connectivity index (χ1) is 6.56. The molecule has 0 spiro atoms. The van der Waals surface area contributed by atoms with E-state index in [0.29, 0.717) is 0 Å². The second-order valence-electron chi connectivity index (χ2n) is 4.44. The highest BCUT2D eigenvalue weighted by atomic mass is 13.8. The van der Waals surface area contributed by atoms with Crippen molar-refractivity contribution in [1.82, 2.24) is 0 Å². The van der Waals surface area contributed by atoms with Crippen LogP contribution in [-0.2, 0) is 0 Å². The van der Waals surface area contributed by atoms with Gasteiger partial charge in [-0.1, -0.05) is 87.0 Å². The van der Waals surface area contributed by atoms with Crippen LogP contribution in [-0.4, -0.2) is 8.41 Å². The molecule has 0 saturated heterocycles. The van der Waals surface area contributed by atoms with Crippen LogP contribution >= 0.6 is 0 Å². The summed E-state index contributed by atoms with van der Waals surface area (Å²) in [5.41, 5.74) is 0. The van der Waals surface area contributed by atoms with E-state index in [9.17, 15) is 0 Å². The first-order valence-corrected chi connectivity index (χ1v) is 6.56. The Morgan fingerprint density at radius 2 is 0.733 bits per heavy atom. The summed E-state index contributed by atoms with van der Waals surface area (Å²) in [4.78, 5) is 0. The smallest absolute Gasteiger partial charge is 0 e. The molecule has 0 aliphatic rings. The van der Waals surface area contributed by atoms with Crippen molar-refractivity contribution >= 4 is 8.41 Å². The molecule has 0 amide bonds. The monoisotopic (exact) mass is 213 g/mol. The molecule has 0 aromatic heterocycles. The van der Waals surface area contributed by atoms with Crippen LogP contribution in [0.5, 0.6) is 0 Å². The molecule has 0 aliphatic heterocycles. The zero-order chi connectivity index (χ0) is 11.8. The molecule has 0 atom stereocenters. The van der Waals surface area contributed by atoms with Gasteiger partial charge in [0.2, 0.25) is 0 Å². The molecule has 0 aromatic carbocycles. The van der Waals surface area contributed by atoms with Gasteiger partial charge in [-0.3, -0.25) is 0 Å². The minimum absolute atomic E-state index is 0. The van der Waals surface area contributed by atoms with E-state index in [0.717, 1.165) is 5.92 Å². The maximum atomic E-state index is 2.21. The maximum Gasteiger partial charge on any atom is 0 e. The lowest BCUT2D eigenvalue weighted by molar-refractivity contribution is 0.737. The second kappa shape index (κ2) is 29.2. The van der Waals surface area contributed by atoms with E-state index in [2.05, 4.69) is 48.5 Å². The summed E-state index contributed by atoms with van der Waals surface area (Å²) in [5, 5.41) is 0. The van der Waals surface area contributed by atoms with Gasteiger partial charge >= 0.3 is 0 Å². The van der Waals surface area contributed by atoms with Gasteiger partial charge < -0.3 is 0 Å². The minimum Gasteiger partial charge on any atom is -0.0654 e. The summed E-state index contributed by atoms with van der Waals surface area (Å²) in [6.45, 7) is 15.3. The van der Waals surface area contributed by atoms with Crippen molar-refractivity contribution in [1.29, 1.82) is 0 Å². The van der Waals surface area contributed by atoms with E-state index in [1.807, 2.05) is 0 Å². The lowest BCUT2D eigenvalue weighted by Gasteiger charge is -1.79. The number of hydrogen-bond donors (Lipinski definition) is 0. The highest BCUT2D eigenvalue weighted by Crippen LogP contribution is 1.88. The second-order valence-corrected chi connectivity index (χ2v) is 4.44. The first kappa shape index (κ1) is 24.3. The Bertz CT molecular complexity index is 47.6. The summed E-state index contributed by atoms with van der Waals surface area (Å²) in [6, 6.07) is 0. The number of unbranched alkanes of at least 4 members (excludes halogenated alkanes) is 4. The largest absolute Gasteiger partial charge is 0.0654 e. The van der Waals surface area contributed by atoms with Gasteiger partial charge in [0.15, 0.2) is 0 Å². The third kappa shape index (κ3) is 124. The Labute approximate surface area is 102 Å². The molecule has 93 valence electrons. The van der Waals surface area contributed by atoms with Crippen LogP contribution in [0.4, 0.5) is 0 Å². The predicted octanol–water partition coefficient (Wildman–Crippen LogP) is 5.67. The maximum absolute atomic E-state index is 2.21. The van der Waals surface area contributed by atoms with Crippen molar-refractivity contribution < 1.29 is 0 Å². The molecule has 1 heteroatoms. The summed E-state index contributed by atoms with van der Waals surface area (Å²) >= 11 is 0. The van der Waals surface area contributed by atoms with E-state index in [1.54, 1.807) is 0 Å². The van der Waals surface area contributed by atoms with Crippen LogP contribution < -0.4 is 0 Å². The van der Waals surface area contributed by atoms with Crippen molar-refractivity contribution in [3.8, 4) is 0 Å². The topological polar surface area (TPSA) is 0 Å². The van der Waals surface area contributed by atoms with Gasteiger partial charge in [-0.15, -0.1) is 0 Å². The highest BCUT2D eigenvalue weighted by Gasteiger charge is 1.69. The fraction of sp³-hybridized carbons (Fsp3) is 1.00. The van der Waals surface area contributed by atoms with Gasteiger partial charge in [-0.25, -0.2) is 0 Å². The molecular weight excluding hydrogens is 179 g/mol. The molecule has 0 heterocycles. The van der Waals surface area contributed by atoms with Crippen LogP contribution in [0.25, 0.3) is 0 Å². The molecule has 0 nitrogen and oxygen atoms in total.